The molecule has 1 aliphatic carbocycles. The zero-order valence-electron chi connectivity index (χ0n) is 17.8. The van der Waals surface area contributed by atoms with Gasteiger partial charge in [0.25, 0.3) is 0 Å². The second-order valence-corrected chi connectivity index (χ2v) is 7.96. The highest BCUT2D eigenvalue weighted by molar-refractivity contribution is 5.80. The topological polar surface area (TPSA) is 116 Å². The van der Waals surface area contributed by atoms with E-state index in [4.69, 9.17) is 4.74 Å². The smallest absolute Gasteiger partial charge is 0.407 e. The molecule has 0 saturated carbocycles. The summed E-state index contributed by atoms with van der Waals surface area (Å²) in [5.41, 5.74) is 4.58. The number of fused-ring (bicyclic) bond motifs is 3. The SMILES string of the molecule is O=Cc1cccc(C(O)C(O)CCNC(=O)OCC2c3ccccc3-c3ccccc32)c1O. The zero-order valence-corrected chi connectivity index (χ0v) is 17.8. The van der Waals surface area contributed by atoms with Gasteiger partial charge in [0.1, 0.15) is 18.5 Å². The van der Waals surface area contributed by atoms with Gasteiger partial charge in [-0.15, -0.1) is 0 Å². The van der Waals surface area contributed by atoms with Crippen LogP contribution in [0.25, 0.3) is 11.1 Å². The minimum atomic E-state index is -1.41. The van der Waals surface area contributed by atoms with Crippen LogP contribution in [0.1, 0.15) is 45.5 Å². The van der Waals surface area contributed by atoms with E-state index in [-0.39, 0.29) is 42.4 Å². The van der Waals surface area contributed by atoms with Crippen molar-refractivity contribution >= 4 is 12.4 Å². The van der Waals surface area contributed by atoms with Crippen molar-refractivity contribution in [1.82, 2.24) is 5.32 Å². The van der Waals surface area contributed by atoms with Crippen LogP contribution in [-0.2, 0) is 4.74 Å². The molecule has 0 saturated heterocycles. The second kappa shape index (κ2) is 9.85. The first-order chi connectivity index (χ1) is 16.0. The Labute approximate surface area is 191 Å². The number of benzene rings is 3. The summed E-state index contributed by atoms with van der Waals surface area (Å²) >= 11 is 0. The van der Waals surface area contributed by atoms with E-state index in [9.17, 15) is 24.9 Å². The number of amides is 1. The van der Waals surface area contributed by atoms with Crippen molar-refractivity contribution in [2.24, 2.45) is 0 Å². The molecule has 0 radical (unpaired) electrons. The number of aromatic hydroxyl groups is 1. The van der Waals surface area contributed by atoms with Crippen LogP contribution in [0, 0.1) is 0 Å². The molecule has 2 atom stereocenters. The van der Waals surface area contributed by atoms with E-state index in [1.54, 1.807) is 0 Å². The Kier molecular flexibility index (Phi) is 6.72. The molecule has 0 bridgehead atoms. The van der Waals surface area contributed by atoms with Gasteiger partial charge in [0.2, 0.25) is 0 Å². The molecule has 1 amide bonds. The number of carbonyl (C=O) groups is 2. The number of para-hydroxylation sites is 1. The van der Waals surface area contributed by atoms with Gasteiger partial charge in [-0.1, -0.05) is 60.7 Å². The molecule has 0 aromatic heterocycles. The van der Waals surface area contributed by atoms with Gasteiger partial charge in [0.15, 0.2) is 6.29 Å². The van der Waals surface area contributed by atoms with E-state index in [0.717, 1.165) is 22.3 Å². The monoisotopic (exact) mass is 447 g/mol. The maximum absolute atomic E-state index is 12.2. The summed E-state index contributed by atoms with van der Waals surface area (Å²) in [6, 6.07) is 20.4. The highest BCUT2D eigenvalue weighted by Gasteiger charge is 2.29. The molecule has 7 heteroatoms. The molecular formula is C26H25NO6. The highest BCUT2D eigenvalue weighted by Crippen LogP contribution is 2.44. The van der Waals surface area contributed by atoms with Gasteiger partial charge >= 0.3 is 6.09 Å². The molecular weight excluding hydrogens is 422 g/mol. The lowest BCUT2D eigenvalue weighted by Crippen LogP contribution is -2.30. The van der Waals surface area contributed by atoms with E-state index < -0.39 is 18.3 Å². The molecule has 4 N–H and O–H groups in total. The van der Waals surface area contributed by atoms with E-state index in [2.05, 4.69) is 17.4 Å². The van der Waals surface area contributed by atoms with Gasteiger partial charge in [-0.3, -0.25) is 4.79 Å². The van der Waals surface area contributed by atoms with E-state index in [1.165, 1.54) is 18.2 Å². The predicted molar refractivity (Wildman–Crippen MR) is 122 cm³/mol. The third kappa shape index (κ3) is 4.60. The lowest BCUT2D eigenvalue weighted by molar-refractivity contribution is 0.0123. The van der Waals surface area contributed by atoms with Gasteiger partial charge in [-0.05, 0) is 34.7 Å². The molecule has 2 unspecified atom stereocenters. The largest absolute Gasteiger partial charge is 0.507 e. The first-order valence-corrected chi connectivity index (χ1v) is 10.7. The summed E-state index contributed by atoms with van der Waals surface area (Å²) in [7, 11) is 0. The van der Waals surface area contributed by atoms with Crippen molar-refractivity contribution in [3.8, 4) is 16.9 Å². The first kappa shape index (κ1) is 22.5. The van der Waals surface area contributed by atoms with Gasteiger partial charge in [-0.2, -0.15) is 0 Å². The summed E-state index contributed by atoms with van der Waals surface area (Å²) in [6.07, 6.45) is -2.79. The van der Waals surface area contributed by atoms with E-state index in [0.29, 0.717) is 6.29 Å². The third-order valence-electron chi connectivity index (χ3n) is 5.96. The summed E-state index contributed by atoms with van der Waals surface area (Å²) in [5, 5.41) is 33.2. The van der Waals surface area contributed by atoms with Crippen molar-refractivity contribution < 1.29 is 29.6 Å². The van der Waals surface area contributed by atoms with Crippen molar-refractivity contribution in [2.45, 2.75) is 24.5 Å². The second-order valence-electron chi connectivity index (χ2n) is 7.96. The van der Waals surface area contributed by atoms with Crippen LogP contribution < -0.4 is 5.32 Å². The molecule has 7 nitrogen and oxygen atoms in total. The van der Waals surface area contributed by atoms with Crippen LogP contribution in [0.3, 0.4) is 0 Å². The van der Waals surface area contributed by atoms with Gasteiger partial charge in [0, 0.05) is 18.0 Å². The summed E-state index contributed by atoms with van der Waals surface area (Å²) in [6.45, 7) is 0.237. The Hall–Kier alpha value is -3.68. The van der Waals surface area contributed by atoms with Crippen LogP contribution >= 0.6 is 0 Å². The number of ether oxygens (including phenoxy) is 1. The van der Waals surface area contributed by atoms with Crippen LogP contribution in [0.15, 0.2) is 66.7 Å². The van der Waals surface area contributed by atoms with Gasteiger partial charge in [-0.25, -0.2) is 4.79 Å². The fourth-order valence-electron chi connectivity index (χ4n) is 4.25. The molecule has 3 aromatic rings. The number of rotatable bonds is 8. The number of hydrogen-bond acceptors (Lipinski definition) is 6. The van der Waals surface area contributed by atoms with E-state index in [1.807, 2.05) is 36.4 Å². The number of aldehydes is 1. The maximum Gasteiger partial charge on any atom is 0.407 e. The first-order valence-electron chi connectivity index (χ1n) is 10.7. The average molecular weight is 447 g/mol. The summed E-state index contributed by atoms with van der Waals surface area (Å²) < 4.78 is 5.44. The zero-order chi connectivity index (χ0) is 23.4. The average Bonchev–Trinajstić information content (AvgIpc) is 3.16. The maximum atomic E-state index is 12.2. The molecule has 33 heavy (non-hydrogen) atoms. The number of nitrogens with one attached hydrogen (secondary N) is 1. The predicted octanol–water partition coefficient (Wildman–Crippen LogP) is 3.53. The normalized spacial score (nSPS) is 14.1. The number of carbonyl (C=O) groups excluding carboxylic acids is 2. The quantitative estimate of drug-likeness (QED) is 0.393. The number of aliphatic hydroxyl groups is 2. The van der Waals surface area contributed by atoms with Crippen molar-refractivity contribution in [3.63, 3.8) is 0 Å². The fraction of sp³-hybridized carbons (Fsp3) is 0.231. The molecule has 170 valence electrons. The Morgan fingerprint density at radius 2 is 1.61 bits per heavy atom. The molecule has 0 fully saturated rings. The van der Waals surface area contributed by atoms with Crippen LogP contribution in [-0.4, -0.2) is 47.0 Å². The van der Waals surface area contributed by atoms with Crippen molar-refractivity contribution in [3.05, 3.63) is 89.0 Å². The Morgan fingerprint density at radius 3 is 2.24 bits per heavy atom. The molecule has 0 heterocycles. The van der Waals surface area contributed by atoms with Crippen LogP contribution in [0.2, 0.25) is 0 Å². The lowest BCUT2D eigenvalue weighted by atomic mass is 9.98. The number of aliphatic hydroxyl groups excluding tert-OH is 2. The number of phenolic OH excluding ortho intramolecular Hbond substituents is 1. The number of hydrogen-bond donors (Lipinski definition) is 4. The lowest BCUT2D eigenvalue weighted by Gasteiger charge is -2.20. The minimum Gasteiger partial charge on any atom is -0.507 e. The highest BCUT2D eigenvalue weighted by atomic mass is 16.5. The Balaban J connectivity index is 1.30. The molecule has 1 aliphatic rings. The summed E-state index contributed by atoms with van der Waals surface area (Å²) in [5.74, 6) is -0.424. The minimum absolute atomic E-state index is 0.0236. The van der Waals surface area contributed by atoms with Crippen LogP contribution in [0.4, 0.5) is 4.79 Å². The Bertz CT molecular complexity index is 1120. The van der Waals surface area contributed by atoms with Crippen molar-refractivity contribution in [2.75, 3.05) is 13.2 Å². The standard InChI is InChI=1S/C26H25NO6/c28-14-16-6-5-11-21(24(16)30)25(31)23(29)12-13-27-26(32)33-15-22-19-9-3-1-7-17(19)18-8-2-4-10-20(18)22/h1-11,14,22-23,25,29-31H,12-13,15H2,(H,27,32). The van der Waals surface area contributed by atoms with Crippen molar-refractivity contribution in [1.29, 1.82) is 0 Å². The van der Waals surface area contributed by atoms with Crippen LogP contribution in [0.5, 0.6) is 5.75 Å². The molecule has 0 spiro atoms. The fourth-order valence-corrected chi connectivity index (χ4v) is 4.25. The van der Waals surface area contributed by atoms with E-state index >= 15 is 0 Å². The third-order valence-corrected chi connectivity index (χ3v) is 5.96. The Morgan fingerprint density at radius 1 is 0.970 bits per heavy atom. The number of alkyl carbamates (subject to hydrolysis) is 1. The number of phenols is 1. The summed E-state index contributed by atoms with van der Waals surface area (Å²) in [4.78, 5) is 23.2. The van der Waals surface area contributed by atoms with Gasteiger partial charge in [0.05, 0.1) is 11.7 Å². The molecule has 3 aromatic carbocycles. The molecule has 4 rings (SSSR count). The molecule has 0 aliphatic heterocycles. The van der Waals surface area contributed by atoms with Gasteiger partial charge < -0.3 is 25.4 Å².